The van der Waals surface area contributed by atoms with Crippen LogP contribution in [0.5, 0.6) is 0 Å². The molecule has 0 radical (unpaired) electrons. The highest BCUT2D eigenvalue weighted by Gasteiger charge is 2.14. The van der Waals surface area contributed by atoms with Crippen LogP contribution in [-0.4, -0.2) is 57.1 Å². The number of benzene rings is 1. The van der Waals surface area contributed by atoms with Gasteiger partial charge in [-0.05, 0) is 25.1 Å². The van der Waals surface area contributed by atoms with E-state index in [0.29, 0.717) is 16.4 Å². The van der Waals surface area contributed by atoms with E-state index in [-0.39, 0.29) is 32.2 Å². The van der Waals surface area contributed by atoms with Crippen LogP contribution in [0.4, 0.5) is 0 Å². The number of halogens is 1. The second-order valence-electron chi connectivity index (χ2n) is 5.14. The van der Waals surface area contributed by atoms with Gasteiger partial charge in [-0.15, -0.1) is 0 Å². The van der Waals surface area contributed by atoms with E-state index in [1.807, 2.05) is 37.3 Å². The minimum atomic E-state index is -0.305. The van der Waals surface area contributed by atoms with Crippen molar-refractivity contribution in [2.45, 2.75) is 6.92 Å². The van der Waals surface area contributed by atoms with Gasteiger partial charge in [0.15, 0.2) is 0 Å². The number of aryl methyl sites for hydroxylation is 1. The molecule has 128 valence electrons. The highest BCUT2D eigenvalue weighted by molar-refractivity contribution is 6.31. The van der Waals surface area contributed by atoms with E-state index < -0.39 is 0 Å². The van der Waals surface area contributed by atoms with E-state index >= 15 is 0 Å². The molecule has 7 heteroatoms. The molecule has 0 spiro atoms. The third-order valence-corrected chi connectivity index (χ3v) is 3.86. The average Bonchev–Trinajstić information content (AvgIpc) is 2.87. The first kappa shape index (κ1) is 18.2. The largest absolute Gasteiger partial charge is 0.395 e. The molecule has 2 aromatic rings. The number of rotatable bonds is 7. The van der Waals surface area contributed by atoms with Gasteiger partial charge in [-0.25, -0.2) is 4.68 Å². The van der Waals surface area contributed by atoms with Crippen molar-refractivity contribution in [3.8, 4) is 5.69 Å². The molecule has 0 aliphatic heterocycles. The molecule has 6 nitrogen and oxygen atoms in total. The first-order valence-electron chi connectivity index (χ1n) is 7.57. The Balaban J connectivity index is 2.24. The van der Waals surface area contributed by atoms with Gasteiger partial charge in [0.2, 0.25) is 5.91 Å². The molecule has 2 rings (SSSR count). The fourth-order valence-electron chi connectivity index (χ4n) is 2.27. The van der Waals surface area contributed by atoms with Crippen molar-refractivity contribution < 1.29 is 15.0 Å². The average molecular weight is 350 g/mol. The van der Waals surface area contributed by atoms with Crippen molar-refractivity contribution in [1.82, 2.24) is 14.7 Å². The molecular weight excluding hydrogens is 330 g/mol. The maximum Gasteiger partial charge on any atom is 0.246 e. The number of aliphatic hydroxyl groups excluding tert-OH is 2. The van der Waals surface area contributed by atoms with Crippen LogP contribution in [0, 0.1) is 6.92 Å². The quantitative estimate of drug-likeness (QED) is 0.745. The second kappa shape index (κ2) is 8.63. The van der Waals surface area contributed by atoms with Gasteiger partial charge in [-0.1, -0.05) is 29.8 Å². The van der Waals surface area contributed by atoms with Gasteiger partial charge in [0.05, 0.1) is 24.6 Å². The van der Waals surface area contributed by atoms with E-state index in [0.717, 1.165) is 5.69 Å². The van der Waals surface area contributed by atoms with Crippen molar-refractivity contribution in [1.29, 1.82) is 0 Å². The molecule has 2 N–H and O–H groups in total. The summed E-state index contributed by atoms with van der Waals surface area (Å²) >= 11 is 6.39. The summed E-state index contributed by atoms with van der Waals surface area (Å²) in [6.07, 6.45) is 2.98. The zero-order chi connectivity index (χ0) is 17.5. The van der Waals surface area contributed by atoms with Gasteiger partial charge >= 0.3 is 0 Å². The molecule has 24 heavy (non-hydrogen) atoms. The summed E-state index contributed by atoms with van der Waals surface area (Å²) in [6, 6.07) is 9.47. The summed E-state index contributed by atoms with van der Waals surface area (Å²) in [5.74, 6) is -0.305. The standard InChI is InChI=1S/C17H20ClN3O3/c1-13-15(7-8-16(24)20(9-11-22)10-12-23)17(18)21(19-13)14-5-3-2-4-6-14/h2-8,22-23H,9-12H2,1H3/b8-7+. The van der Waals surface area contributed by atoms with Gasteiger partial charge in [0, 0.05) is 24.7 Å². The number of hydrogen-bond acceptors (Lipinski definition) is 4. The van der Waals surface area contributed by atoms with E-state index in [1.165, 1.54) is 11.0 Å². The molecule has 0 atom stereocenters. The summed E-state index contributed by atoms with van der Waals surface area (Å²) in [6.45, 7) is 1.82. The molecule has 1 aromatic carbocycles. The molecule has 0 aliphatic carbocycles. The smallest absolute Gasteiger partial charge is 0.246 e. The molecule has 0 fully saturated rings. The van der Waals surface area contributed by atoms with Crippen LogP contribution in [-0.2, 0) is 4.79 Å². The number of carbonyl (C=O) groups is 1. The summed E-state index contributed by atoms with van der Waals surface area (Å²) in [7, 11) is 0. The van der Waals surface area contributed by atoms with E-state index in [9.17, 15) is 4.79 Å². The summed E-state index contributed by atoms with van der Waals surface area (Å²) in [5, 5.41) is 22.8. The molecule has 0 bridgehead atoms. The third kappa shape index (κ3) is 4.23. The van der Waals surface area contributed by atoms with E-state index in [4.69, 9.17) is 21.8 Å². The molecular formula is C17H20ClN3O3. The third-order valence-electron chi connectivity index (χ3n) is 3.49. The molecule has 0 unspecified atom stereocenters. The Kier molecular flexibility index (Phi) is 6.54. The highest BCUT2D eigenvalue weighted by Crippen LogP contribution is 2.24. The number of amides is 1. The summed E-state index contributed by atoms with van der Waals surface area (Å²) in [5.41, 5.74) is 2.18. The van der Waals surface area contributed by atoms with Crippen LogP contribution in [0.2, 0.25) is 5.15 Å². The number of aliphatic hydroxyl groups is 2. The zero-order valence-corrected chi connectivity index (χ0v) is 14.1. The van der Waals surface area contributed by atoms with Crippen molar-refractivity contribution >= 4 is 23.6 Å². The summed E-state index contributed by atoms with van der Waals surface area (Å²) in [4.78, 5) is 13.5. The SMILES string of the molecule is Cc1nn(-c2ccccc2)c(Cl)c1/C=C/C(=O)N(CCO)CCO. The van der Waals surface area contributed by atoms with Gasteiger partial charge in [0.25, 0.3) is 0 Å². The van der Waals surface area contributed by atoms with Gasteiger partial charge in [0.1, 0.15) is 5.15 Å². The molecule has 0 aliphatic rings. The van der Waals surface area contributed by atoms with Gasteiger partial charge in [-0.2, -0.15) is 5.10 Å². The fourth-order valence-corrected chi connectivity index (χ4v) is 2.61. The number of para-hydroxylation sites is 1. The molecule has 1 aromatic heterocycles. The maximum absolute atomic E-state index is 12.1. The number of carbonyl (C=O) groups excluding carboxylic acids is 1. The van der Waals surface area contributed by atoms with Crippen LogP contribution < -0.4 is 0 Å². The van der Waals surface area contributed by atoms with Crippen LogP contribution in [0.15, 0.2) is 36.4 Å². The Labute approximate surface area is 145 Å². The Morgan fingerprint density at radius 3 is 2.46 bits per heavy atom. The number of hydrogen-bond donors (Lipinski definition) is 2. The van der Waals surface area contributed by atoms with Crippen LogP contribution in [0.3, 0.4) is 0 Å². The van der Waals surface area contributed by atoms with E-state index in [2.05, 4.69) is 5.10 Å². The topological polar surface area (TPSA) is 78.6 Å². The van der Waals surface area contributed by atoms with Gasteiger partial charge < -0.3 is 15.1 Å². The normalized spacial score (nSPS) is 11.2. The number of nitrogens with zero attached hydrogens (tertiary/aromatic N) is 3. The van der Waals surface area contributed by atoms with E-state index in [1.54, 1.807) is 10.8 Å². The lowest BCUT2D eigenvalue weighted by Crippen LogP contribution is -2.34. The Morgan fingerprint density at radius 2 is 1.88 bits per heavy atom. The monoisotopic (exact) mass is 349 g/mol. The highest BCUT2D eigenvalue weighted by atomic mass is 35.5. The Morgan fingerprint density at radius 1 is 1.25 bits per heavy atom. The second-order valence-corrected chi connectivity index (χ2v) is 5.50. The lowest BCUT2D eigenvalue weighted by Gasteiger charge is -2.18. The van der Waals surface area contributed by atoms with Crippen molar-refractivity contribution in [2.24, 2.45) is 0 Å². The van der Waals surface area contributed by atoms with Gasteiger partial charge in [-0.3, -0.25) is 4.79 Å². The van der Waals surface area contributed by atoms with Crippen molar-refractivity contribution in [3.05, 3.63) is 52.8 Å². The molecule has 0 saturated carbocycles. The van der Waals surface area contributed by atoms with Crippen molar-refractivity contribution in [3.63, 3.8) is 0 Å². The lowest BCUT2D eigenvalue weighted by molar-refractivity contribution is -0.126. The van der Waals surface area contributed by atoms with Crippen LogP contribution in [0.25, 0.3) is 11.8 Å². The Hall–Kier alpha value is -2.15. The number of aromatic nitrogens is 2. The van der Waals surface area contributed by atoms with Crippen LogP contribution in [0.1, 0.15) is 11.3 Å². The molecule has 1 heterocycles. The predicted molar refractivity (Wildman–Crippen MR) is 93.1 cm³/mol. The lowest BCUT2D eigenvalue weighted by atomic mass is 10.2. The van der Waals surface area contributed by atoms with Crippen LogP contribution >= 0.6 is 11.6 Å². The minimum Gasteiger partial charge on any atom is -0.395 e. The summed E-state index contributed by atoms with van der Waals surface area (Å²) < 4.78 is 1.61. The predicted octanol–water partition coefficient (Wildman–Crippen LogP) is 1.66. The maximum atomic E-state index is 12.1. The molecule has 1 amide bonds. The van der Waals surface area contributed by atoms with Crippen molar-refractivity contribution in [2.75, 3.05) is 26.3 Å². The fraction of sp³-hybridized carbons (Fsp3) is 0.294. The first-order chi connectivity index (χ1) is 11.6. The first-order valence-corrected chi connectivity index (χ1v) is 7.95. The zero-order valence-electron chi connectivity index (χ0n) is 13.4. The Bertz CT molecular complexity index is 707. The minimum absolute atomic E-state index is 0.161. The molecule has 0 saturated heterocycles.